The van der Waals surface area contributed by atoms with Crippen LogP contribution >= 0.6 is 0 Å². The van der Waals surface area contributed by atoms with Crippen molar-refractivity contribution in [2.45, 2.75) is 43.7 Å². The molecule has 4 rings (SSSR count). The molecule has 1 heterocycles. The highest BCUT2D eigenvalue weighted by molar-refractivity contribution is 5.89. The van der Waals surface area contributed by atoms with Gasteiger partial charge in [-0.05, 0) is 50.9 Å². The van der Waals surface area contributed by atoms with Crippen molar-refractivity contribution in [2.24, 2.45) is 0 Å². The average Bonchev–Trinajstić information content (AvgIpc) is 3.19. The Balaban J connectivity index is 1.52. The minimum atomic E-state index is -0.629. The van der Waals surface area contributed by atoms with Crippen molar-refractivity contribution in [2.75, 3.05) is 14.1 Å². The Morgan fingerprint density at radius 1 is 1.38 bits per heavy atom. The fraction of sp³-hybridized carbons (Fsp3) is 0.500. The topological polar surface area (TPSA) is 71.3 Å². The number of carbonyl (C=O) groups is 1. The summed E-state index contributed by atoms with van der Waals surface area (Å²) in [7, 11) is 3.92. The molecule has 0 unspecified atom stereocenters. The first-order chi connectivity index (χ1) is 11.6. The third-order valence-electron chi connectivity index (χ3n) is 5.18. The molecule has 6 nitrogen and oxygen atoms in total. The summed E-state index contributed by atoms with van der Waals surface area (Å²) in [4.78, 5) is 19.4. The van der Waals surface area contributed by atoms with Gasteiger partial charge in [-0.1, -0.05) is 29.4 Å². The lowest BCUT2D eigenvalue weighted by molar-refractivity contribution is -0.133. The number of amides is 1. The van der Waals surface area contributed by atoms with Gasteiger partial charge in [0.1, 0.15) is 5.54 Å². The monoisotopic (exact) mass is 326 g/mol. The summed E-state index contributed by atoms with van der Waals surface area (Å²) in [5, 5.41) is 6.99. The van der Waals surface area contributed by atoms with Gasteiger partial charge in [-0.15, -0.1) is 0 Å². The number of nitrogens with one attached hydrogen (secondary N) is 1. The summed E-state index contributed by atoms with van der Waals surface area (Å²) >= 11 is 0. The van der Waals surface area contributed by atoms with Crippen LogP contribution in [0, 0.1) is 0 Å². The molecule has 2 aromatic rings. The lowest BCUT2D eigenvalue weighted by Crippen LogP contribution is -2.52. The zero-order chi connectivity index (χ0) is 16.7. The minimum Gasteiger partial charge on any atom is -0.345 e. The number of rotatable bonds is 5. The molecule has 1 saturated carbocycles. The van der Waals surface area contributed by atoms with Gasteiger partial charge in [-0.3, -0.25) is 9.69 Å². The summed E-state index contributed by atoms with van der Waals surface area (Å²) in [5.74, 6) is 1.69. The van der Waals surface area contributed by atoms with E-state index in [9.17, 15) is 4.79 Å². The Hall–Kier alpha value is -2.21. The number of nitrogens with zero attached hydrogens (tertiary/aromatic N) is 3. The Morgan fingerprint density at radius 2 is 2.17 bits per heavy atom. The van der Waals surface area contributed by atoms with Gasteiger partial charge in [-0.25, -0.2) is 0 Å². The lowest BCUT2D eigenvalue weighted by atomic mass is 9.89. The van der Waals surface area contributed by atoms with E-state index in [1.165, 1.54) is 5.56 Å². The van der Waals surface area contributed by atoms with Crippen LogP contribution in [-0.4, -0.2) is 35.0 Å². The van der Waals surface area contributed by atoms with E-state index in [4.69, 9.17) is 4.52 Å². The van der Waals surface area contributed by atoms with Crippen molar-refractivity contribution in [3.05, 3.63) is 47.1 Å². The van der Waals surface area contributed by atoms with Gasteiger partial charge in [0.25, 0.3) is 0 Å². The van der Waals surface area contributed by atoms with E-state index in [0.29, 0.717) is 11.8 Å². The Bertz CT molecular complexity index is 766. The molecule has 1 amide bonds. The van der Waals surface area contributed by atoms with E-state index in [-0.39, 0.29) is 12.5 Å². The number of likely N-dealkylation sites (N-methyl/N-ethyl adjacent to an activating group) is 1. The highest BCUT2D eigenvalue weighted by atomic mass is 16.5. The van der Waals surface area contributed by atoms with Crippen LogP contribution in [-0.2, 0) is 23.3 Å². The molecule has 2 aliphatic rings. The number of carbonyl (C=O) groups excluding carboxylic acids is 1. The SMILES string of the molecule is CN(C)[C@@]1(C(=O)NCc2nc(C3CC3)no2)CCc2ccccc21. The average molecular weight is 326 g/mol. The van der Waals surface area contributed by atoms with Gasteiger partial charge < -0.3 is 9.84 Å². The van der Waals surface area contributed by atoms with Crippen LogP contribution in [0.4, 0.5) is 0 Å². The third-order valence-corrected chi connectivity index (χ3v) is 5.18. The summed E-state index contributed by atoms with van der Waals surface area (Å²) in [6, 6.07) is 8.18. The standard InChI is InChI=1S/C18H22N4O2/c1-22(2)18(10-9-12-5-3-4-6-14(12)18)17(23)19-11-15-20-16(21-24-15)13-7-8-13/h3-6,13H,7-11H2,1-2H3,(H,19,23)/t18-/m0/s1. The van der Waals surface area contributed by atoms with Gasteiger partial charge in [-0.2, -0.15) is 4.98 Å². The third kappa shape index (κ3) is 2.41. The van der Waals surface area contributed by atoms with Gasteiger partial charge >= 0.3 is 0 Å². The van der Waals surface area contributed by atoms with Crippen molar-refractivity contribution in [3.8, 4) is 0 Å². The van der Waals surface area contributed by atoms with Crippen molar-refractivity contribution in [3.63, 3.8) is 0 Å². The highest BCUT2D eigenvalue weighted by Gasteiger charge is 2.47. The van der Waals surface area contributed by atoms with Crippen LogP contribution in [0.2, 0.25) is 0 Å². The van der Waals surface area contributed by atoms with E-state index in [2.05, 4.69) is 27.6 Å². The molecule has 1 aromatic heterocycles. The molecule has 0 spiro atoms. The number of hydrogen-bond donors (Lipinski definition) is 1. The van der Waals surface area contributed by atoms with Crippen molar-refractivity contribution < 1.29 is 9.32 Å². The van der Waals surface area contributed by atoms with Gasteiger partial charge in [0, 0.05) is 5.92 Å². The fourth-order valence-corrected chi connectivity index (χ4v) is 3.64. The van der Waals surface area contributed by atoms with E-state index in [1.54, 1.807) is 0 Å². The van der Waals surface area contributed by atoms with Crippen LogP contribution in [0.5, 0.6) is 0 Å². The number of benzene rings is 1. The summed E-state index contributed by atoms with van der Waals surface area (Å²) in [6.45, 7) is 0.274. The second-order valence-corrected chi connectivity index (χ2v) is 6.92. The van der Waals surface area contributed by atoms with Crippen molar-refractivity contribution in [1.82, 2.24) is 20.4 Å². The summed E-state index contributed by atoms with van der Waals surface area (Å²) in [6.07, 6.45) is 3.95. The van der Waals surface area contributed by atoms with E-state index in [1.807, 2.05) is 31.1 Å². The fourth-order valence-electron chi connectivity index (χ4n) is 3.64. The van der Waals surface area contributed by atoms with Crippen molar-refractivity contribution in [1.29, 1.82) is 0 Å². The Kier molecular flexibility index (Phi) is 3.64. The van der Waals surface area contributed by atoms with E-state index in [0.717, 1.165) is 37.1 Å². The van der Waals surface area contributed by atoms with Crippen molar-refractivity contribution >= 4 is 5.91 Å². The quantitative estimate of drug-likeness (QED) is 0.909. The van der Waals surface area contributed by atoms with E-state index < -0.39 is 5.54 Å². The van der Waals surface area contributed by atoms with Gasteiger partial charge in [0.05, 0.1) is 6.54 Å². The summed E-state index contributed by atoms with van der Waals surface area (Å²) in [5.41, 5.74) is 1.71. The Labute approximate surface area is 141 Å². The molecule has 0 radical (unpaired) electrons. The first kappa shape index (κ1) is 15.3. The predicted octanol–water partition coefficient (Wildman–Crippen LogP) is 1.97. The molecular formula is C18H22N4O2. The second kappa shape index (κ2) is 5.70. The maximum absolute atomic E-state index is 13.1. The zero-order valence-electron chi connectivity index (χ0n) is 14.1. The smallest absolute Gasteiger partial charge is 0.246 e. The molecule has 1 N–H and O–H groups in total. The van der Waals surface area contributed by atoms with Crippen LogP contribution in [0.15, 0.2) is 28.8 Å². The first-order valence-corrected chi connectivity index (χ1v) is 8.48. The Morgan fingerprint density at radius 3 is 2.92 bits per heavy atom. The van der Waals surface area contributed by atoms with Crippen LogP contribution < -0.4 is 5.32 Å². The van der Waals surface area contributed by atoms with Crippen LogP contribution in [0.25, 0.3) is 0 Å². The molecule has 126 valence electrons. The molecule has 2 aliphatic carbocycles. The highest BCUT2D eigenvalue weighted by Crippen LogP contribution is 2.41. The lowest BCUT2D eigenvalue weighted by Gasteiger charge is -2.35. The van der Waals surface area contributed by atoms with E-state index >= 15 is 0 Å². The first-order valence-electron chi connectivity index (χ1n) is 8.48. The molecule has 24 heavy (non-hydrogen) atoms. The van der Waals surface area contributed by atoms with Crippen LogP contribution in [0.1, 0.15) is 48.0 Å². The number of aryl methyl sites for hydroxylation is 1. The molecule has 1 atom stereocenters. The molecule has 0 bridgehead atoms. The minimum absolute atomic E-state index is 0.0105. The zero-order valence-corrected chi connectivity index (χ0v) is 14.1. The number of aromatic nitrogens is 2. The number of hydrogen-bond acceptors (Lipinski definition) is 5. The normalized spacial score (nSPS) is 22.6. The van der Waals surface area contributed by atoms with Gasteiger partial charge in [0.2, 0.25) is 11.8 Å². The predicted molar refractivity (Wildman–Crippen MR) is 88.2 cm³/mol. The largest absolute Gasteiger partial charge is 0.345 e. The maximum atomic E-state index is 13.1. The summed E-state index contributed by atoms with van der Waals surface area (Å²) < 4.78 is 5.25. The molecular weight excluding hydrogens is 304 g/mol. The van der Waals surface area contributed by atoms with Crippen LogP contribution in [0.3, 0.4) is 0 Å². The number of fused-ring (bicyclic) bond motifs is 1. The molecule has 0 saturated heterocycles. The molecule has 1 aromatic carbocycles. The van der Waals surface area contributed by atoms with Gasteiger partial charge in [0.15, 0.2) is 5.82 Å². The molecule has 1 fully saturated rings. The molecule has 6 heteroatoms. The maximum Gasteiger partial charge on any atom is 0.246 e. The molecule has 0 aliphatic heterocycles. The second-order valence-electron chi connectivity index (χ2n) is 6.92.